The van der Waals surface area contributed by atoms with Crippen molar-refractivity contribution in [2.75, 3.05) is 26.4 Å². The molecule has 4 heteroatoms. The summed E-state index contributed by atoms with van der Waals surface area (Å²) in [6.07, 6.45) is 12.2. The first kappa shape index (κ1) is 17.3. The van der Waals surface area contributed by atoms with Gasteiger partial charge in [0, 0.05) is 0 Å². The van der Waals surface area contributed by atoms with Gasteiger partial charge in [-0.1, -0.05) is 6.92 Å². The van der Waals surface area contributed by atoms with Gasteiger partial charge < -0.3 is 18.9 Å². The highest BCUT2D eigenvalue weighted by molar-refractivity contribution is 4.84. The van der Waals surface area contributed by atoms with Crippen LogP contribution in [0.1, 0.15) is 58.3 Å². The van der Waals surface area contributed by atoms with E-state index in [2.05, 4.69) is 6.92 Å². The molecule has 138 valence electrons. The molecular formula is C20H34O4. The molecule has 0 N–H and O–H groups in total. The van der Waals surface area contributed by atoms with Gasteiger partial charge >= 0.3 is 0 Å². The summed E-state index contributed by atoms with van der Waals surface area (Å²) in [7, 11) is 0. The van der Waals surface area contributed by atoms with Gasteiger partial charge in [-0.3, -0.25) is 0 Å². The first-order valence-electron chi connectivity index (χ1n) is 10.2. The molecule has 0 aromatic heterocycles. The highest BCUT2D eigenvalue weighted by atomic mass is 16.6. The van der Waals surface area contributed by atoms with Crippen molar-refractivity contribution in [2.24, 2.45) is 17.8 Å². The smallest absolute Gasteiger partial charge is 0.104 e. The van der Waals surface area contributed by atoms with Crippen LogP contribution in [0.15, 0.2) is 0 Å². The summed E-state index contributed by atoms with van der Waals surface area (Å²) in [6, 6.07) is 0. The third kappa shape index (κ3) is 4.94. The lowest BCUT2D eigenvalue weighted by molar-refractivity contribution is -0.0139. The van der Waals surface area contributed by atoms with Crippen molar-refractivity contribution in [1.82, 2.24) is 0 Å². The maximum Gasteiger partial charge on any atom is 0.104 e. The molecule has 24 heavy (non-hydrogen) atoms. The standard InChI is InChI=1S/C20H34O4/c1-14(15-2-6-17(7-3-15)21-10-19-12-23-19)16-4-8-18(9-5-16)22-11-20-13-24-20/h14-20H,2-13H2,1H3. The van der Waals surface area contributed by atoms with E-state index >= 15 is 0 Å². The van der Waals surface area contributed by atoms with Crippen LogP contribution >= 0.6 is 0 Å². The van der Waals surface area contributed by atoms with Crippen molar-refractivity contribution < 1.29 is 18.9 Å². The van der Waals surface area contributed by atoms with Crippen LogP contribution in [0.5, 0.6) is 0 Å². The minimum absolute atomic E-state index is 0.408. The van der Waals surface area contributed by atoms with Crippen LogP contribution < -0.4 is 0 Å². The molecule has 2 aliphatic carbocycles. The maximum absolute atomic E-state index is 5.99. The Balaban J connectivity index is 1.13. The molecule has 2 unspecified atom stereocenters. The number of hydrogen-bond donors (Lipinski definition) is 0. The Morgan fingerprint density at radius 1 is 0.708 bits per heavy atom. The van der Waals surface area contributed by atoms with Gasteiger partial charge in [-0.05, 0) is 69.1 Å². The summed E-state index contributed by atoms with van der Waals surface area (Å²) < 4.78 is 22.5. The largest absolute Gasteiger partial charge is 0.375 e. The van der Waals surface area contributed by atoms with E-state index in [1.54, 1.807) is 0 Å². The van der Waals surface area contributed by atoms with Crippen molar-refractivity contribution in [3.8, 4) is 0 Å². The molecule has 0 amide bonds. The average molecular weight is 338 g/mol. The third-order valence-electron chi connectivity index (χ3n) is 6.77. The van der Waals surface area contributed by atoms with Gasteiger partial charge in [0.25, 0.3) is 0 Å². The number of epoxide rings is 2. The van der Waals surface area contributed by atoms with Gasteiger partial charge in [0.15, 0.2) is 0 Å². The first-order chi connectivity index (χ1) is 11.8. The molecule has 2 aliphatic heterocycles. The summed E-state index contributed by atoms with van der Waals surface area (Å²) >= 11 is 0. The van der Waals surface area contributed by atoms with E-state index in [9.17, 15) is 0 Å². The van der Waals surface area contributed by atoms with Gasteiger partial charge in [0.2, 0.25) is 0 Å². The third-order valence-corrected chi connectivity index (χ3v) is 6.77. The predicted molar refractivity (Wildman–Crippen MR) is 92.0 cm³/mol. The van der Waals surface area contributed by atoms with Crippen LogP contribution in [0.3, 0.4) is 0 Å². The summed E-state index contributed by atoms with van der Waals surface area (Å²) in [6.45, 7) is 5.97. The molecule has 0 aromatic rings. The van der Waals surface area contributed by atoms with E-state index in [4.69, 9.17) is 18.9 Å². The second kappa shape index (κ2) is 8.03. The summed E-state index contributed by atoms with van der Waals surface area (Å²) in [5.74, 6) is 2.68. The van der Waals surface area contributed by atoms with Gasteiger partial charge in [0.05, 0.1) is 38.6 Å². The predicted octanol–water partition coefficient (Wildman–Crippen LogP) is 3.57. The van der Waals surface area contributed by atoms with Crippen molar-refractivity contribution in [1.29, 1.82) is 0 Å². The number of ether oxygens (including phenoxy) is 4. The van der Waals surface area contributed by atoms with Crippen LogP contribution in [-0.4, -0.2) is 50.8 Å². The Kier molecular flexibility index (Phi) is 5.77. The zero-order valence-electron chi connectivity index (χ0n) is 15.2. The fourth-order valence-corrected chi connectivity index (χ4v) is 4.76. The molecule has 4 fully saturated rings. The quantitative estimate of drug-likeness (QED) is 0.635. The monoisotopic (exact) mass is 338 g/mol. The van der Waals surface area contributed by atoms with Crippen molar-refractivity contribution in [2.45, 2.75) is 82.7 Å². The van der Waals surface area contributed by atoms with Crippen LogP contribution in [0.25, 0.3) is 0 Å². The van der Waals surface area contributed by atoms with Crippen LogP contribution in [-0.2, 0) is 18.9 Å². The molecule has 2 saturated heterocycles. The van der Waals surface area contributed by atoms with E-state index in [1.807, 2.05) is 0 Å². The topological polar surface area (TPSA) is 43.5 Å². The highest BCUT2D eigenvalue weighted by Gasteiger charge is 2.34. The van der Waals surface area contributed by atoms with Gasteiger partial charge in [-0.25, -0.2) is 0 Å². The molecule has 2 atom stereocenters. The van der Waals surface area contributed by atoms with E-state index in [1.165, 1.54) is 51.4 Å². The lowest BCUT2D eigenvalue weighted by atomic mass is 9.70. The highest BCUT2D eigenvalue weighted by Crippen LogP contribution is 2.40. The molecule has 0 bridgehead atoms. The lowest BCUT2D eigenvalue weighted by Crippen LogP contribution is -2.32. The van der Waals surface area contributed by atoms with Crippen molar-refractivity contribution >= 4 is 0 Å². The average Bonchev–Trinajstić information content (AvgIpc) is 3.53. The van der Waals surface area contributed by atoms with Crippen LogP contribution in [0, 0.1) is 17.8 Å². The van der Waals surface area contributed by atoms with E-state index in [0.29, 0.717) is 24.4 Å². The first-order valence-corrected chi connectivity index (χ1v) is 10.2. The second-order valence-corrected chi connectivity index (χ2v) is 8.51. The Morgan fingerprint density at radius 3 is 1.42 bits per heavy atom. The van der Waals surface area contributed by atoms with Crippen molar-refractivity contribution in [3.63, 3.8) is 0 Å². The number of hydrogen-bond acceptors (Lipinski definition) is 4. The lowest BCUT2D eigenvalue weighted by Gasteiger charge is -2.39. The molecule has 2 saturated carbocycles. The Labute approximate surface area is 146 Å². The number of rotatable bonds is 8. The molecule has 4 aliphatic rings. The van der Waals surface area contributed by atoms with E-state index in [0.717, 1.165) is 44.2 Å². The molecule has 4 nitrogen and oxygen atoms in total. The molecule has 0 radical (unpaired) electrons. The summed E-state index contributed by atoms with van der Waals surface area (Å²) in [5.41, 5.74) is 0. The summed E-state index contributed by atoms with van der Waals surface area (Å²) in [5, 5.41) is 0. The SMILES string of the molecule is CC(C1CCC(OCC2CO2)CC1)C1CCC(OCC2CO2)CC1. The Bertz CT molecular complexity index is 341. The minimum Gasteiger partial charge on any atom is -0.375 e. The zero-order valence-corrected chi connectivity index (χ0v) is 15.2. The fourth-order valence-electron chi connectivity index (χ4n) is 4.76. The van der Waals surface area contributed by atoms with Crippen LogP contribution in [0.4, 0.5) is 0 Å². The van der Waals surface area contributed by atoms with Crippen molar-refractivity contribution in [3.05, 3.63) is 0 Å². The van der Waals surface area contributed by atoms with E-state index < -0.39 is 0 Å². The van der Waals surface area contributed by atoms with Gasteiger partial charge in [0.1, 0.15) is 12.2 Å². The maximum atomic E-state index is 5.99. The molecule has 0 aromatic carbocycles. The minimum atomic E-state index is 0.408. The second-order valence-electron chi connectivity index (χ2n) is 8.51. The Morgan fingerprint density at radius 2 is 1.08 bits per heavy atom. The van der Waals surface area contributed by atoms with Gasteiger partial charge in [-0.2, -0.15) is 0 Å². The van der Waals surface area contributed by atoms with Crippen LogP contribution in [0.2, 0.25) is 0 Å². The zero-order chi connectivity index (χ0) is 16.4. The summed E-state index contributed by atoms with van der Waals surface area (Å²) in [4.78, 5) is 0. The van der Waals surface area contributed by atoms with Gasteiger partial charge in [-0.15, -0.1) is 0 Å². The van der Waals surface area contributed by atoms with E-state index in [-0.39, 0.29) is 0 Å². The fraction of sp³-hybridized carbons (Fsp3) is 1.00. The normalized spacial score (nSPS) is 43.4. The molecular weight excluding hydrogens is 304 g/mol. The molecule has 4 rings (SSSR count). The molecule has 2 heterocycles. The Hall–Kier alpha value is -0.160. The molecule has 0 spiro atoms.